The topological polar surface area (TPSA) is 53.4 Å². The first-order valence-electron chi connectivity index (χ1n) is 6.16. The summed E-state index contributed by atoms with van der Waals surface area (Å²) in [6.07, 6.45) is 0.138. The summed E-state index contributed by atoms with van der Waals surface area (Å²) in [6.45, 7) is 1.15. The summed E-state index contributed by atoms with van der Waals surface area (Å²) in [4.78, 5) is 17.0. The van der Waals surface area contributed by atoms with Crippen molar-refractivity contribution in [3.63, 3.8) is 0 Å². The van der Waals surface area contributed by atoms with Crippen LogP contribution in [-0.2, 0) is 11.3 Å². The van der Waals surface area contributed by atoms with Crippen LogP contribution in [-0.4, -0.2) is 34.6 Å². The fourth-order valence-electron chi connectivity index (χ4n) is 1.77. The molecule has 20 heavy (non-hydrogen) atoms. The molecule has 0 aliphatic carbocycles. The van der Waals surface area contributed by atoms with Crippen LogP contribution in [0.5, 0.6) is 0 Å². The average molecular weight is 311 g/mol. The first kappa shape index (κ1) is 15.0. The molecule has 2 rings (SSSR count). The molecule has 0 atom stereocenters. The Balaban J connectivity index is 2.02. The van der Waals surface area contributed by atoms with Crippen LogP contribution >= 0.6 is 22.9 Å². The average Bonchev–Trinajstić information content (AvgIpc) is 2.85. The van der Waals surface area contributed by atoms with Crippen molar-refractivity contribution in [3.05, 3.63) is 39.7 Å². The number of hydrogen-bond acceptors (Lipinski definition) is 4. The molecule has 0 saturated heterocycles. The summed E-state index contributed by atoms with van der Waals surface area (Å²) in [5.74, 6) is -0.784. The van der Waals surface area contributed by atoms with E-state index < -0.39 is 5.97 Å². The highest BCUT2D eigenvalue weighted by atomic mass is 35.5. The second kappa shape index (κ2) is 6.83. The molecular formula is C14H15ClN2O2S. The van der Waals surface area contributed by atoms with E-state index >= 15 is 0 Å². The molecule has 0 aliphatic heterocycles. The van der Waals surface area contributed by atoms with Crippen LogP contribution in [0.15, 0.2) is 29.6 Å². The molecular weight excluding hydrogens is 296 g/mol. The summed E-state index contributed by atoms with van der Waals surface area (Å²) in [5, 5.41) is 12.3. The third-order valence-electron chi connectivity index (χ3n) is 2.81. The van der Waals surface area contributed by atoms with Gasteiger partial charge in [-0.15, -0.1) is 11.3 Å². The number of rotatable bonds is 6. The van der Waals surface area contributed by atoms with Gasteiger partial charge in [-0.05, 0) is 13.1 Å². The summed E-state index contributed by atoms with van der Waals surface area (Å²) in [6, 6.07) is 7.60. The lowest BCUT2D eigenvalue weighted by Gasteiger charge is -2.12. The highest BCUT2D eigenvalue weighted by Crippen LogP contribution is 2.28. The lowest BCUT2D eigenvalue weighted by molar-refractivity contribution is -0.137. The number of thiazole rings is 1. The summed E-state index contributed by atoms with van der Waals surface area (Å²) in [5.41, 5.74) is 1.78. The zero-order chi connectivity index (χ0) is 14.5. The number of halogens is 1. The van der Waals surface area contributed by atoms with Crippen molar-refractivity contribution in [2.45, 2.75) is 13.0 Å². The Morgan fingerprint density at radius 3 is 2.90 bits per heavy atom. The van der Waals surface area contributed by atoms with Gasteiger partial charge in [-0.25, -0.2) is 4.98 Å². The Bertz CT molecular complexity index is 600. The maximum absolute atomic E-state index is 10.5. The van der Waals surface area contributed by atoms with Crippen LogP contribution in [0.25, 0.3) is 11.3 Å². The first-order valence-corrected chi connectivity index (χ1v) is 7.41. The second-order valence-electron chi connectivity index (χ2n) is 4.49. The number of hydrogen-bond donors (Lipinski definition) is 1. The number of nitrogens with zero attached hydrogens (tertiary/aromatic N) is 2. The highest BCUT2D eigenvalue weighted by Gasteiger charge is 2.10. The largest absolute Gasteiger partial charge is 0.481 e. The first-order chi connectivity index (χ1) is 9.56. The number of aromatic nitrogens is 1. The summed E-state index contributed by atoms with van der Waals surface area (Å²) >= 11 is 7.70. The van der Waals surface area contributed by atoms with Crippen LogP contribution in [0.1, 0.15) is 11.4 Å². The Kier molecular flexibility index (Phi) is 5.11. The minimum Gasteiger partial charge on any atom is -0.481 e. The zero-order valence-corrected chi connectivity index (χ0v) is 12.6. The third kappa shape index (κ3) is 4.03. The minimum absolute atomic E-state index is 0.138. The molecule has 6 heteroatoms. The molecule has 1 heterocycles. The molecule has 0 amide bonds. The highest BCUT2D eigenvalue weighted by molar-refractivity contribution is 7.09. The van der Waals surface area contributed by atoms with Crippen LogP contribution in [0.2, 0.25) is 5.02 Å². The summed E-state index contributed by atoms with van der Waals surface area (Å²) < 4.78 is 0. The van der Waals surface area contributed by atoms with Gasteiger partial charge in [0.1, 0.15) is 5.01 Å². The fraction of sp³-hybridized carbons (Fsp3) is 0.286. The monoisotopic (exact) mass is 310 g/mol. The minimum atomic E-state index is -0.784. The van der Waals surface area contributed by atoms with Crippen LogP contribution < -0.4 is 0 Å². The van der Waals surface area contributed by atoms with Gasteiger partial charge in [0.15, 0.2) is 0 Å². The smallest absolute Gasteiger partial charge is 0.304 e. The van der Waals surface area contributed by atoms with Crippen LogP contribution in [0.4, 0.5) is 0 Å². The number of carboxylic acid groups (broad SMARTS) is 1. The van der Waals surface area contributed by atoms with Crippen molar-refractivity contribution >= 4 is 28.9 Å². The quantitative estimate of drug-likeness (QED) is 0.889. The molecule has 0 fully saturated rings. The van der Waals surface area contributed by atoms with E-state index in [1.807, 2.05) is 41.6 Å². The van der Waals surface area contributed by atoms with E-state index in [1.165, 1.54) is 0 Å². The normalized spacial score (nSPS) is 10.9. The molecule has 1 aromatic carbocycles. The Labute approximate surface area is 126 Å². The van der Waals surface area contributed by atoms with Crippen LogP contribution in [0.3, 0.4) is 0 Å². The molecule has 0 aliphatic rings. The van der Waals surface area contributed by atoms with Gasteiger partial charge in [0.2, 0.25) is 0 Å². The molecule has 106 valence electrons. The van der Waals surface area contributed by atoms with E-state index in [2.05, 4.69) is 4.98 Å². The molecule has 0 bridgehead atoms. The third-order valence-corrected chi connectivity index (χ3v) is 3.98. The Hall–Kier alpha value is -1.43. The van der Waals surface area contributed by atoms with Gasteiger partial charge in [0, 0.05) is 22.5 Å². The van der Waals surface area contributed by atoms with Crippen molar-refractivity contribution in [2.24, 2.45) is 0 Å². The van der Waals surface area contributed by atoms with Gasteiger partial charge in [-0.2, -0.15) is 0 Å². The predicted octanol–water partition coefficient (Wildman–Crippen LogP) is 3.37. The number of carbonyl (C=O) groups is 1. The maximum Gasteiger partial charge on any atom is 0.304 e. The van der Waals surface area contributed by atoms with Crippen molar-refractivity contribution in [1.29, 1.82) is 0 Å². The Morgan fingerprint density at radius 2 is 2.20 bits per heavy atom. The maximum atomic E-state index is 10.5. The zero-order valence-electron chi connectivity index (χ0n) is 11.0. The molecule has 2 aromatic rings. The molecule has 0 radical (unpaired) electrons. The molecule has 1 aromatic heterocycles. The molecule has 1 N–H and O–H groups in total. The second-order valence-corrected chi connectivity index (χ2v) is 5.84. The molecule has 0 saturated carbocycles. The van der Waals surface area contributed by atoms with E-state index in [0.717, 1.165) is 16.3 Å². The number of carboxylic acids is 1. The van der Waals surface area contributed by atoms with Gasteiger partial charge < -0.3 is 5.11 Å². The van der Waals surface area contributed by atoms with Gasteiger partial charge >= 0.3 is 5.97 Å². The standard InChI is InChI=1S/C14H15ClN2O2S/c1-17(7-6-14(18)19)8-13-16-12(9-20-13)10-4-2-3-5-11(10)15/h2-5,9H,6-8H2,1H3,(H,18,19). The van der Waals surface area contributed by atoms with Crippen LogP contribution in [0, 0.1) is 0 Å². The number of benzene rings is 1. The molecule has 0 spiro atoms. The van der Waals surface area contributed by atoms with E-state index in [9.17, 15) is 4.79 Å². The van der Waals surface area contributed by atoms with Crippen molar-refractivity contribution in [2.75, 3.05) is 13.6 Å². The molecule has 4 nitrogen and oxygen atoms in total. The predicted molar refractivity (Wildman–Crippen MR) is 81.1 cm³/mol. The van der Waals surface area contributed by atoms with Crippen molar-refractivity contribution < 1.29 is 9.90 Å². The van der Waals surface area contributed by atoms with Gasteiger partial charge in [0.05, 0.1) is 18.7 Å². The SMILES string of the molecule is CN(CCC(=O)O)Cc1nc(-c2ccccc2Cl)cs1. The van der Waals surface area contributed by atoms with Gasteiger partial charge in [-0.3, -0.25) is 9.69 Å². The van der Waals surface area contributed by atoms with Crippen molar-refractivity contribution in [3.8, 4) is 11.3 Å². The molecule has 0 unspecified atom stereocenters. The fourth-order valence-corrected chi connectivity index (χ4v) is 2.88. The van der Waals surface area contributed by atoms with Gasteiger partial charge in [-0.1, -0.05) is 29.8 Å². The lowest BCUT2D eigenvalue weighted by atomic mass is 10.2. The summed E-state index contributed by atoms with van der Waals surface area (Å²) in [7, 11) is 1.89. The lowest BCUT2D eigenvalue weighted by Crippen LogP contribution is -2.21. The van der Waals surface area contributed by atoms with Gasteiger partial charge in [0.25, 0.3) is 0 Å². The van der Waals surface area contributed by atoms with E-state index in [-0.39, 0.29) is 6.42 Å². The number of aliphatic carboxylic acids is 1. The Morgan fingerprint density at radius 1 is 1.45 bits per heavy atom. The van der Waals surface area contributed by atoms with Crippen molar-refractivity contribution in [1.82, 2.24) is 9.88 Å². The van der Waals surface area contributed by atoms with E-state index in [1.54, 1.807) is 11.3 Å². The van der Waals surface area contributed by atoms with E-state index in [0.29, 0.717) is 18.1 Å². The van der Waals surface area contributed by atoms with E-state index in [4.69, 9.17) is 16.7 Å².